The molecule has 2 heterocycles. The largest absolute Gasteiger partial charge is 0.358 e. The van der Waals surface area contributed by atoms with Crippen molar-refractivity contribution in [3.63, 3.8) is 0 Å². The maximum atomic E-state index is 13.0. The molecule has 0 saturated carbocycles. The minimum atomic E-state index is -0.765. The summed E-state index contributed by atoms with van der Waals surface area (Å²) in [6, 6.07) is 23.0. The number of aliphatic imine (C=N–C) groups is 1. The number of benzene rings is 3. The summed E-state index contributed by atoms with van der Waals surface area (Å²) in [5, 5.41) is 4.34. The van der Waals surface area contributed by atoms with E-state index in [4.69, 9.17) is 33.9 Å². The molecule has 0 aromatic heterocycles. The molecule has 1 amide bonds. The molecule has 2 aliphatic heterocycles. The van der Waals surface area contributed by atoms with E-state index in [2.05, 4.69) is 29.1 Å². The molecule has 220 valence electrons. The number of nitrogens with two attached hydrogens (primary N) is 1. The molecule has 0 radical (unpaired) electrons. The van der Waals surface area contributed by atoms with Crippen LogP contribution in [0.3, 0.4) is 0 Å². The smallest absolute Gasteiger partial charge is 0.234 e. The zero-order valence-corrected chi connectivity index (χ0v) is 25.7. The summed E-state index contributed by atoms with van der Waals surface area (Å²) in [5.41, 5.74) is 7.40. The number of amides is 1. The van der Waals surface area contributed by atoms with Crippen molar-refractivity contribution in [2.45, 2.75) is 33.4 Å². The third-order valence-electron chi connectivity index (χ3n) is 7.60. The van der Waals surface area contributed by atoms with Gasteiger partial charge >= 0.3 is 0 Å². The Labute approximate surface area is 253 Å². The van der Waals surface area contributed by atoms with Gasteiger partial charge in [-0.1, -0.05) is 72.1 Å². The maximum absolute atomic E-state index is 13.0. The molecule has 3 atom stereocenters. The number of nitrogens with one attached hydrogen (secondary N) is 1. The molecule has 3 unspecified atom stereocenters. The van der Waals surface area contributed by atoms with Crippen molar-refractivity contribution in [3.8, 4) is 0 Å². The van der Waals surface area contributed by atoms with Crippen LogP contribution in [0.2, 0.25) is 10.0 Å². The second-order valence-electron chi connectivity index (χ2n) is 10.7. The lowest BCUT2D eigenvalue weighted by atomic mass is 9.71. The Kier molecular flexibility index (Phi) is 12.2. The van der Waals surface area contributed by atoms with Gasteiger partial charge in [0, 0.05) is 48.3 Å². The highest BCUT2D eigenvalue weighted by Gasteiger charge is 2.48. The molecule has 0 spiro atoms. The lowest BCUT2D eigenvalue weighted by Crippen LogP contribution is -2.57. The minimum absolute atomic E-state index is 0.0869. The molecular formula is C32H40Cl2FN5O. The van der Waals surface area contributed by atoms with Crippen LogP contribution >= 0.6 is 23.2 Å². The Morgan fingerprint density at radius 1 is 0.976 bits per heavy atom. The topological polar surface area (TPSA) is 74.0 Å². The Bertz CT molecular complexity index is 1260. The number of carbonyl (C=O) groups excluding carboxylic acids is 1. The molecule has 2 aliphatic rings. The summed E-state index contributed by atoms with van der Waals surface area (Å²) in [4.78, 5) is 22.4. The van der Waals surface area contributed by atoms with Gasteiger partial charge in [0.05, 0.1) is 5.41 Å². The summed E-state index contributed by atoms with van der Waals surface area (Å²) in [6.07, 6.45) is 0.191. The molecule has 3 N–H and O–H groups in total. The number of halogens is 3. The average molecular weight is 601 g/mol. The Balaban J connectivity index is 0.000000249. The number of nitrogens with zero attached hydrogens (tertiary/aromatic N) is 3. The first-order chi connectivity index (χ1) is 19.5. The summed E-state index contributed by atoms with van der Waals surface area (Å²) >= 11 is 11.6. The zero-order valence-electron chi connectivity index (χ0n) is 24.2. The summed E-state index contributed by atoms with van der Waals surface area (Å²) in [5.74, 6) is 0.839. The normalized spacial score (nSPS) is 22.3. The predicted octanol–water partition coefficient (Wildman–Crippen LogP) is 6.73. The van der Waals surface area contributed by atoms with Crippen molar-refractivity contribution < 1.29 is 9.18 Å². The molecule has 5 rings (SSSR count). The van der Waals surface area contributed by atoms with Crippen molar-refractivity contribution >= 4 is 40.6 Å². The minimum Gasteiger partial charge on any atom is -0.358 e. The van der Waals surface area contributed by atoms with E-state index in [-0.39, 0.29) is 17.6 Å². The number of hydrogen-bond donors (Lipinski definition) is 2. The first kappa shape index (κ1) is 32.5. The van der Waals surface area contributed by atoms with E-state index in [0.29, 0.717) is 10.7 Å². The summed E-state index contributed by atoms with van der Waals surface area (Å²) in [7, 11) is 2.13. The average Bonchev–Trinajstić information content (AvgIpc) is 2.94. The fraction of sp³-hybridized carbons (Fsp3) is 0.375. The van der Waals surface area contributed by atoms with Gasteiger partial charge in [-0.15, -0.1) is 0 Å². The van der Waals surface area contributed by atoms with Crippen molar-refractivity contribution in [2.75, 3.05) is 38.5 Å². The van der Waals surface area contributed by atoms with E-state index in [9.17, 15) is 9.18 Å². The number of anilines is 1. The van der Waals surface area contributed by atoms with Crippen LogP contribution in [0.1, 0.15) is 25.8 Å². The molecule has 1 fully saturated rings. The van der Waals surface area contributed by atoms with Gasteiger partial charge in [0.15, 0.2) is 0 Å². The van der Waals surface area contributed by atoms with Gasteiger partial charge in [0.1, 0.15) is 17.8 Å². The zero-order chi connectivity index (χ0) is 30.0. The number of amidine groups is 1. The first-order valence-electron chi connectivity index (χ1n) is 13.7. The van der Waals surface area contributed by atoms with Gasteiger partial charge in [-0.05, 0) is 69.3 Å². The monoisotopic (exact) mass is 599 g/mol. The molecule has 3 aromatic carbocycles. The number of rotatable bonds is 2. The number of piperazine rings is 1. The van der Waals surface area contributed by atoms with Crippen molar-refractivity contribution in [2.24, 2.45) is 22.1 Å². The van der Waals surface area contributed by atoms with Crippen LogP contribution in [0.25, 0.3) is 0 Å². The van der Waals surface area contributed by atoms with Crippen LogP contribution in [0, 0.1) is 24.1 Å². The Morgan fingerprint density at radius 3 is 2.10 bits per heavy atom. The number of hydrogen-bond acceptors (Lipinski definition) is 5. The quantitative estimate of drug-likeness (QED) is 0.342. The summed E-state index contributed by atoms with van der Waals surface area (Å²) < 4.78 is 12.1. The third kappa shape index (κ3) is 9.54. The van der Waals surface area contributed by atoms with Crippen LogP contribution in [-0.4, -0.2) is 60.9 Å². The SMILES string of the molecule is CC1CC(N2CCN(C)CC2)=NC(N)C1(C)C(=O)Nc1cccc(Cl)c1.Cc1ccc(F)cc1.Clc1ccccc1. The van der Waals surface area contributed by atoms with Gasteiger partial charge in [-0.25, -0.2) is 4.39 Å². The maximum Gasteiger partial charge on any atom is 0.234 e. The summed E-state index contributed by atoms with van der Waals surface area (Å²) in [6.45, 7) is 9.89. The van der Waals surface area contributed by atoms with Gasteiger partial charge in [-0.3, -0.25) is 9.79 Å². The van der Waals surface area contributed by atoms with Crippen LogP contribution in [-0.2, 0) is 4.79 Å². The van der Waals surface area contributed by atoms with Crippen LogP contribution < -0.4 is 11.1 Å². The van der Waals surface area contributed by atoms with Gasteiger partial charge < -0.3 is 20.9 Å². The van der Waals surface area contributed by atoms with Crippen LogP contribution in [0.5, 0.6) is 0 Å². The molecule has 6 nitrogen and oxygen atoms in total. The third-order valence-corrected chi connectivity index (χ3v) is 8.09. The standard InChI is InChI=1S/C19H28ClN5O.C7H7F.C6H5Cl/c1-13-11-16(25-9-7-24(3)8-10-25)23-17(21)19(13,2)18(26)22-15-6-4-5-14(20)12-15;1-6-2-4-7(8)5-3-6;7-6-4-2-1-3-5-6/h4-6,12-13,17H,7-11,21H2,1-3H3,(H,22,26);2-5H,1H3;1-5H. The van der Waals surface area contributed by atoms with E-state index < -0.39 is 11.6 Å². The predicted molar refractivity (Wildman–Crippen MR) is 169 cm³/mol. The molecule has 3 aromatic rings. The lowest BCUT2D eigenvalue weighted by molar-refractivity contribution is -0.128. The highest BCUT2D eigenvalue weighted by atomic mass is 35.5. The van der Waals surface area contributed by atoms with Crippen molar-refractivity contribution in [1.82, 2.24) is 9.80 Å². The van der Waals surface area contributed by atoms with E-state index in [1.165, 1.54) is 12.1 Å². The van der Waals surface area contributed by atoms with E-state index in [1.54, 1.807) is 24.3 Å². The van der Waals surface area contributed by atoms with E-state index in [0.717, 1.165) is 49.0 Å². The van der Waals surface area contributed by atoms with Crippen LogP contribution in [0.15, 0.2) is 83.9 Å². The first-order valence-corrected chi connectivity index (χ1v) is 14.5. The number of aryl methyl sites for hydroxylation is 1. The van der Waals surface area contributed by atoms with Gasteiger partial charge in [0.25, 0.3) is 0 Å². The number of likely N-dealkylation sites (N-methyl/N-ethyl adjacent to an activating group) is 1. The Hall–Kier alpha value is -2.97. The lowest BCUT2D eigenvalue weighted by Gasteiger charge is -2.44. The van der Waals surface area contributed by atoms with E-state index >= 15 is 0 Å². The highest BCUT2D eigenvalue weighted by Crippen LogP contribution is 2.39. The molecule has 9 heteroatoms. The second-order valence-corrected chi connectivity index (χ2v) is 11.6. The fourth-order valence-electron chi connectivity index (χ4n) is 4.54. The Morgan fingerprint density at radius 2 is 1.59 bits per heavy atom. The highest BCUT2D eigenvalue weighted by molar-refractivity contribution is 6.31. The molecule has 0 aliphatic carbocycles. The van der Waals surface area contributed by atoms with Gasteiger partial charge in [0.2, 0.25) is 5.91 Å². The van der Waals surface area contributed by atoms with Crippen molar-refractivity contribution in [3.05, 3.63) is 100 Å². The number of carbonyl (C=O) groups is 1. The van der Waals surface area contributed by atoms with Crippen LogP contribution in [0.4, 0.5) is 10.1 Å². The molecular weight excluding hydrogens is 560 g/mol. The molecule has 0 bridgehead atoms. The molecule has 1 saturated heterocycles. The second kappa shape index (κ2) is 15.3. The molecule has 41 heavy (non-hydrogen) atoms. The fourth-order valence-corrected chi connectivity index (χ4v) is 4.87. The van der Waals surface area contributed by atoms with Crippen molar-refractivity contribution in [1.29, 1.82) is 0 Å². The van der Waals surface area contributed by atoms with E-state index in [1.807, 2.05) is 56.3 Å². The van der Waals surface area contributed by atoms with Gasteiger partial charge in [-0.2, -0.15) is 0 Å².